The smallest absolute Gasteiger partial charge is 0.481 e. The largest absolute Gasteiger partial charge is 0.522 e. The number of fused-ring (bicyclic) bond motifs is 1. The number of aromatic nitrogens is 3. The number of nitrogens with one attached hydrogen (secondary N) is 1. The van der Waals surface area contributed by atoms with Gasteiger partial charge in [0, 0.05) is 25.2 Å². The van der Waals surface area contributed by atoms with Crippen LogP contribution in [0.15, 0.2) is 54.6 Å². The number of hydrogen-bond donors (Lipinski definition) is 2. The van der Waals surface area contributed by atoms with Crippen LogP contribution < -0.4 is 4.74 Å². The van der Waals surface area contributed by atoms with E-state index in [4.69, 9.17) is 21.1 Å². The van der Waals surface area contributed by atoms with Crippen molar-refractivity contribution in [3.63, 3.8) is 0 Å². The number of aliphatic carboxylic acids is 1. The number of rotatable bonds is 11. The van der Waals surface area contributed by atoms with Gasteiger partial charge in [0.2, 0.25) is 0 Å². The molecule has 2 N–H and O–H groups in total. The van der Waals surface area contributed by atoms with Crippen LogP contribution in [-0.2, 0) is 20.8 Å². The molecule has 4 aromatic rings. The fourth-order valence-electron chi connectivity index (χ4n) is 5.75. The Labute approximate surface area is 262 Å². The van der Waals surface area contributed by atoms with Gasteiger partial charge in [-0.1, -0.05) is 60.1 Å². The number of carboxylic acids is 1. The number of alkyl halides is 3. The van der Waals surface area contributed by atoms with Crippen LogP contribution in [0.3, 0.4) is 0 Å². The summed E-state index contributed by atoms with van der Waals surface area (Å²) in [5.74, 6) is -1.06. The van der Waals surface area contributed by atoms with E-state index < -0.39 is 18.9 Å². The first kappa shape index (κ1) is 31.3. The maximum atomic E-state index is 12.0. The van der Waals surface area contributed by atoms with E-state index in [9.17, 15) is 23.1 Å². The molecule has 0 unspecified atom stereocenters. The van der Waals surface area contributed by atoms with Crippen molar-refractivity contribution in [1.29, 1.82) is 0 Å². The summed E-state index contributed by atoms with van der Waals surface area (Å²) < 4.78 is 51.3. The van der Waals surface area contributed by atoms with Crippen molar-refractivity contribution in [2.24, 2.45) is 5.92 Å². The highest BCUT2D eigenvalue weighted by Gasteiger charge is 2.31. The topological polar surface area (TPSA) is 110 Å². The van der Waals surface area contributed by atoms with Gasteiger partial charge in [-0.3, -0.25) is 14.4 Å². The highest BCUT2D eigenvalue weighted by molar-refractivity contribution is 6.33. The maximum Gasteiger partial charge on any atom is 0.522 e. The Kier molecular flexibility index (Phi) is 9.27. The van der Waals surface area contributed by atoms with E-state index in [2.05, 4.69) is 48.9 Å². The number of halogens is 4. The van der Waals surface area contributed by atoms with Gasteiger partial charge in [0.25, 0.3) is 6.01 Å². The SMILES string of the molecule is O=C(O)[C@H]1CC[C@H](Oc2nc3nc(-c4ccc(-c5ccc(CN6CC(OCCOC(F)(F)F)C6)cc5)cc4)c(Cl)cc3[nH]2)CC1. The number of hydrogen-bond acceptors (Lipinski definition) is 7. The highest BCUT2D eigenvalue weighted by Crippen LogP contribution is 2.33. The minimum Gasteiger partial charge on any atom is -0.481 e. The van der Waals surface area contributed by atoms with Crippen LogP contribution in [-0.4, -0.2) is 75.8 Å². The van der Waals surface area contributed by atoms with E-state index in [0.717, 1.165) is 28.8 Å². The second-order valence-electron chi connectivity index (χ2n) is 11.4. The molecule has 2 aromatic carbocycles. The molecule has 45 heavy (non-hydrogen) atoms. The standard InChI is InChI=1S/C32H32ClF3N4O5/c33-26-15-27-29(39-31(37-27)45-24-11-9-23(10-12-24)30(41)42)38-28(26)22-7-5-21(6-8-22)20-3-1-19(2-4-20)16-40-17-25(18-40)43-13-14-44-32(34,35)36/h1-8,15,23-25H,9-14,16-18H2,(H,41,42)(H,37,38,39)/t23-,24-. The Balaban J connectivity index is 1.02. The average Bonchev–Trinajstić information content (AvgIpc) is 3.38. The molecule has 2 fully saturated rings. The Bertz CT molecular complexity index is 1620. The van der Waals surface area contributed by atoms with Crippen molar-refractivity contribution in [2.75, 3.05) is 26.3 Å². The summed E-state index contributed by atoms with van der Waals surface area (Å²) in [5, 5.41) is 9.69. The van der Waals surface area contributed by atoms with E-state index in [0.29, 0.717) is 66.7 Å². The van der Waals surface area contributed by atoms with E-state index in [1.807, 2.05) is 24.3 Å². The van der Waals surface area contributed by atoms with Crippen LogP contribution in [0.25, 0.3) is 33.5 Å². The molecule has 238 valence electrons. The fraction of sp³-hybridized carbons (Fsp3) is 0.406. The molecule has 1 aliphatic carbocycles. The van der Waals surface area contributed by atoms with Gasteiger partial charge in [0.05, 0.1) is 41.5 Å². The van der Waals surface area contributed by atoms with Crippen LogP contribution in [0.4, 0.5) is 13.2 Å². The molecule has 1 aliphatic heterocycles. The molecule has 0 atom stereocenters. The van der Waals surface area contributed by atoms with Crippen molar-refractivity contribution in [3.05, 3.63) is 65.2 Å². The number of carboxylic acid groups (broad SMARTS) is 1. The molecule has 2 aliphatic rings. The summed E-state index contributed by atoms with van der Waals surface area (Å²) in [4.78, 5) is 25.7. The van der Waals surface area contributed by atoms with Gasteiger partial charge in [-0.15, -0.1) is 13.2 Å². The molecule has 3 heterocycles. The zero-order chi connectivity index (χ0) is 31.6. The molecule has 1 saturated heterocycles. The summed E-state index contributed by atoms with van der Waals surface area (Å²) in [5.41, 5.74) is 5.82. The third kappa shape index (κ3) is 7.93. The lowest BCUT2D eigenvalue weighted by Crippen LogP contribution is -2.51. The van der Waals surface area contributed by atoms with Gasteiger partial charge in [-0.2, -0.15) is 4.98 Å². The molecule has 13 heteroatoms. The molecule has 1 saturated carbocycles. The Morgan fingerprint density at radius 1 is 0.933 bits per heavy atom. The lowest BCUT2D eigenvalue weighted by atomic mass is 9.87. The second kappa shape index (κ2) is 13.3. The number of likely N-dealkylation sites (tertiary alicyclic amines) is 1. The number of nitrogens with zero attached hydrogens (tertiary/aromatic N) is 3. The molecule has 0 bridgehead atoms. The van der Waals surface area contributed by atoms with E-state index in [-0.39, 0.29) is 24.7 Å². The van der Waals surface area contributed by atoms with Gasteiger partial charge in [0.1, 0.15) is 6.10 Å². The first-order chi connectivity index (χ1) is 21.6. The van der Waals surface area contributed by atoms with Crippen molar-refractivity contribution in [2.45, 2.75) is 50.8 Å². The Morgan fingerprint density at radius 3 is 2.22 bits per heavy atom. The summed E-state index contributed by atoms with van der Waals surface area (Å²) in [6.07, 6.45) is -2.31. The number of H-pyrrole nitrogens is 1. The average molecular weight is 645 g/mol. The first-order valence-electron chi connectivity index (χ1n) is 14.8. The first-order valence-corrected chi connectivity index (χ1v) is 15.2. The summed E-state index contributed by atoms with van der Waals surface area (Å²) in [6, 6.07) is 18.3. The number of pyridine rings is 1. The van der Waals surface area contributed by atoms with Gasteiger partial charge in [0.15, 0.2) is 5.65 Å². The molecular formula is C32H32ClF3N4O5. The van der Waals surface area contributed by atoms with Gasteiger partial charge < -0.3 is 19.6 Å². The monoisotopic (exact) mass is 644 g/mol. The van der Waals surface area contributed by atoms with Crippen LogP contribution >= 0.6 is 11.6 Å². The number of imidazole rings is 1. The van der Waals surface area contributed by atoms with Crippen LogP contribution in [0.5, 0.6) is 6.01 Å². The summed E-state index contributed by atoms with van der Waals surface area (Å²) in [7, 11) is 0. The third-order valence-electron chi connectivity index (χ3n) is 8.18. The Hall–Kier alpha value is -3.71. The molecule has 0 amide bonds. The highest BCUT2D eigenvalue weighted by atomic mass is 35.5. The number of benzene rings is 2. The van der Waals surface area contributed by atoms with Crippen molar-refractivity contribution in [3.8, 4) is 28.4 Å². The lowest BCUT2D eigenvalue weighted by Gasteiger charge is -2.39. The molecule has 0 spiro atoms. The van der Waals surface area contributed by atoms with Crippen molar-refractivity contribution in [1.82, 2.24) is 19.9 Å². The maximum absolute atomic E-state index is 12.0. The van der Waals surface area contributed by atoms with E-state index in [1.54, 1.807) is 6.07 Å². The Morgan fingerprint density at radius 2 is 1.58 bits per heavy atom. The van der Waals surface area contributed by atoms with Crippen LogP contribution in [0.1, 0.15) is 31.2 Å². The van der Waals surface area contributed by atoms with E-state index in [1.165, 1.54) is 0 Å². The summed E-state index contributed by atoms with van der Waals surface area (Å²) >= 11 is 6.61. The minimum atomic E-state index is -4.63. The summed E-state index contributed by atoms with van der Waals surface area (Å²) in [6.45, 7) is 1.49. The van der Waals surface area contributed by atoms with E-state index >= 15 is 0 Å². The van der Waals surface area contributed by atoms with Crippen LogP contribution in [0.2, 0.25) is 5.02 Å². The zero-order valence-corrected chi connectivity index (χ0v) is 25.0. The predicted octanol–water partition coefficient (Wildman–Crippen LogP) is 6.70. The quantitative estimate of drug-likeness (QED) is 0.174. The number of aromatic amines is 1. The lowest BCUT2D eigenvalue weighted by molar-refractivity contribution is -0.328. The van der Waals surface area contributed by atoms with Crippen LogP contribution in [0, 0.1) is 5.92 Å². The molecule has 0 radical (unpaired) electrons. The van der Waals surface area contributed by atoms with Gasteiger partial charge in [-0.25, -0.2) is 4.98 Å². The molecule has 2 aromatic heterocycles. The zero-order valence-electron chi connectivity index (χ0n) is 24.2. The third-order valence-corrected chi connectivity index (χ3v) is 8.47. The van der Waals surface area contributed by atoms with Crippen molar-refractivity contribution >= 4 is 28.7 Å². The fourth-order valence-corrected chi connectivity index (χ4v) is 6.01. The number of ether oxygens (including phenoxy) is 3. The second-order valence-corrected chi connectivity index (χ2v) is 11.8. The predicted molar refractivity (Wildman–Crippen MR) is 161 cm³/mol. The van der Waals surface area contributed by atoms with Gasteiger partial charge in [-0.05, 0) is 48.4 Å². The van der Waals surface area contributed by atoms with Gasteiger partial charge >= 0.3 is 12.3 Å². The van der Waals surface area contributed by atoms with Crippen molar-refractivity contribution < 1.29 is 37.3 Å². The molecule has 6 rings (SSSR count). The minimum absolute atomic E-state index is 0.0800. The number of carbonyl (C=O) groups is 1. The molecular weight excluding hydrogens is 613 g/mol. The normalized spacial score (nSPS) is 19.5. The molecule has 9 nitrogen and oxygen atoms in total.